The van der Waals surface area contributed by atoms with E-state index in [2.05, 4.69) is 4.98 Å². The molecule has 2 unspecified atom stereocenters. The van der Waals surface area contributed by atoms with Crippen molar-refractivity contribution < 1.29 is 29.0 Å². The third kappa shape index (κ3) is 7.16. The van der Waals surface area contributed by atoms with Gasteiger partial charge in [0.05, 0.1) is 0 Å². The van der Waals surface area contributed by atoms with Crippen molar-refractivity contribution in [1.82, 2.24) is 9.88 Å². The topological polar surface area (TPSA) is 106 Å². The van der Waals surface area contributed by atoms with E-state index in [9.17, 15) is 14.4 Å². The smallest absolute Gasteiger partial charge is 0.410 e. The van der Waals surface area contributed by atoms with Gasteiger partial charge in [-0.3, -0.25) is 4.79 Å². The fraction of sp³-hybridized carbons (Fsp3) is 0.667. The number of carboxylic acid groups (broad SMARTS) is 1. The van der Waals surface area contributed by atoms with Crippen LogP contribution in [0.15, 0.2) is 5.38 Å². The standard InChI is InChI=1S/C18H28N2O6S/c1-10(2)13(20(7)17(24)26-18(4,5)6)8-14(25-11(3)21)15-19-12(9-27-15)16(22)23/h9-10,13-14H,8H2,1-7H3,(H,22,23). The van der Waals surface area contributed by atoms with Gasteiger partial charge in [0.2, 0.25) is 0 Å². The van der Waals surface area contributed by atoms with Gasteiger partial charge in [0.15, 0.2) is 11.8 Å². The number of nitrogens with zero attached hydrogens (tertiary/aromatic N) is 2. The molecule has 1 aromatic heterocycles. The van der Waals surface area contributed by atoms with E-state index in [0.717, 1.165) is 11.3 Å². The minimum atomic E-state index is -1.15. The Morgan fingerprint density at radius 1 is 1.30 bits per heavy atom. The average molecular weight is 400 g/mol. The van der Waals surface area contributed by atoms with Crippen molar-refractivity contribution in [1.29, 1.82) is 0 Å². The number of rotatable bonds is 7. The third-order valence-electron chi connectivity index (χ3n) is 3.73. The van der Waals surface area contributed by atoms with Crippen LogP contribution >= 0.6 is 11.3 Å². The molecule has 8 nitrogen and oxygen atoms in total. The zero-order valence-corrected chi connectivity index (χ0v) is 17.6. The molecule has 0 aromatic carbocycles. The van der Waals surface area contributed by atoms with Gasteiger partial charge in [0.1, 0.15) is 10.6 Å². The largest absolute Gasteiger partial charge is 0.476 e. The van der Waals surface area contributed by atoms with Crippen LogP contribution in [0.25, 0.3) is 0 Å². The monoisotopic (exact) mass is 400 g/mol. The molecule has 9 heteroatoms. The lowest BCUT2D eigenvalue weighted by Crippen LogP contribution is -2.44. The second-order valence-electron chi connectivity index (χ2n) is 7.61. The molecule has 1 rings (SSSR count). The SMILES string of the molecule is CC(=O)OC(CC(C(C)C)N(C)C(=O)OC(C)(C)C)c1nc(C(=O)O)cs1. The summed E-state index contributed by atoms with van der Waals surface area (Å²) in [6.07, 6.45) is -0.953. The van der Waals surface area contributed by atoms with E-state index < -0.39 is 29.7 Å². The minimum absolute atomic E-state index is 0.0412. The summed E-state index contributed by atoms with van der Waals surface area (Å²) < 4.78 is 10.8. The van der Waals surface area contributed by atoms with Crippen LogP contribution < -0.4 is 0 Å². The van der Waals surface area contributed by atoms with Crippen LogP contribution in [-0.2, 0) is 14.3 Å². The second-order valence-corrected chi connectivity index (χ2v) is 8.50. The molecule has 0 bridgehead atoms. The summed E-state index contributed by atoms with van der Waals surface area (Å²) in [7, 11) is 1.63. The summed E-state index contributed by atoms with van der Waals surface area (Å²) in [5, 5.41) is 10.8. The van der Waals surface area contributed by atoms with E-state index in [1.807, 2.05) is 13.8 Å². The predicted molar refractivity (Wildman–Crippen MR) is 101 cm³/mol. The van der Waals surface area contributed by atoms with Gasteiger partial charge in [-0.1, -0.05) is 13.8 Å². The van der Waals surface area contributed by atoms with Crippen LogP contribution in [0.1, 0.15) is 69.6 Å². The van der Waals surface area contributed by atoms with Crippen molar-refractivity contribution >= 4 is 29.4 Å². The Bertz CT molecular complexity index is 680. The molecule has 1 aromatic rings. The molecular weight excluding hydrogens is 372 g/mol. The van der Waals surface area contributed by atoms with Gasteiger partial charge < -0.3 is 19.5 Å². The molecule has 0 radical (unpaired) electrons. The lowest BCUT2D eigenvalue weighted by atomic mass is 9.96. The molecule has 0 aliphatic rings. The molecule has 0 saturated carbocycles. The zero-order valence-electron chi connectivity index (χ0n) is 16.8. The van der Waals surface area contributed by atoms with Gasteiger partial charge in [0, 0.05) is 31.8 Å². The van der Waals surface area contributed by atoms with E-state index in [-0.39, 0.29) is 24.1 Å². The normalized spacial score (nSPS) is 13.8. The fourth-order valence-corrected chi connectivity index (χ4v) is 3.33. The van der Waals surface area contributed by atoms with Crippen LogP contribution in [0.5, 0.6) is 0 Å². The van der Waals surface area contributed by atoms with Crippen molar-refractivity contribution in [3.63, 3.8) is 0 Å². The van der Waals surface area contributed by atoms with Crippen molar-refractivity contribution in [2.75, 3.05) is 7.05 Å². The maximum atomic E-state index is 12.4. The summed E-state index contributed by atoms with van der Waals surface area (Å²) in [5.41, 5.74) is -0.734. The van der Waals surface area contributed by atoms with E-state index >= 15 is 0 Å². The van der Waals surface area contributed by atoms with Gasteiger partial charge in [-0.25, -0.2) is 14.6 Å². The van der Waals surface area contributed by atoms with Crippen LogP contribution in [-0.4, -0.2) is 51.7 Å². The lowest BCUT2D eigenvalue weighted by molar-refractivity contribution is -0.147. The molecule has 152 valence electrons. The first-order chi connectivity index (χ1) is 12.3. The summed E-state index contributed by atoms with van der Waals surface area (Å²) in [6, 6.07) is -0.304. The Hall–Kier alpha value is -2.16. The number of carbonyl (C=O) groups excluding carboxylic acids is 2. The number of aromatic nitrogens is 1. The van der Waals surface area contributed by atoms with E-state index in [4.69, 9.17) is 14.6 Å². The average Bonchev–Trinajstić information content (AvgIpc) is 2.98. The predicted octanol–water partition coefficient (Wildman–Crippen LogP) is 3.73. The maximum Gasteiger partial charge on any atom is 0.410 e. The first-order valence-corrected chi connectivity index (χ1v) is 9.51. The van der Waals surface area contributed by atoms with E-state index in [1.165, 1.54) is 17.2 Å². The van der Waals surface area contributed by atoms with Crippen LogP contribution in [0.4, 0.5) is 4.79 Å². The maximum absolute atomic E-state index is 12.4. The molecule has 0 saturated heterocycles. The number of carboxylic acids is 1. The molecule has 1 heterocycles. The molecule has 0 aliphatic carbocycles. The lowest BCUT2D eigenvalue weighted by Gasteiger charge is -2.34. The molecule has 2 atom stereocenters. The van der Waals surface area contributed by atoms with E-state index in [0.29, 0.717) is 5.01 Å². The molecular formula is C18H28N2O6S. The number of aromatic carboxylic acids is 1. The zero-order chi connectivity index (χ0) is 20.9. The van der Waals surface area contributed by atoms with Crippen molar-refractivity contribution in [3.8, 4) is 0 Å². The number of thiazole rings is 1. The molecule has 0 fully saturated rings. The minimum Gasteiger partial charge on any atom is -0.476 e. The van der Waals surface area contributed by atoms with Gasteiger partial charge in [-0.2, -0.15) is 0 Å². The highest BCUT2D eigenvalue weighted by atomic mass is 32.1. The first kappa shape index (κ1) is 22.9. The molecule has 27 heavy (non-hydrogen) atoms. The molecule has 0 spiro atoms. The van der Waals surface area contributed by atoms with Crippen LogP contribution in [0.3, 0.4) is 0 Å². The summed E-state index contributed by atoms with van der Waals surface area (Å²) >= 11 is 1.11. The van der Waals surface area contributed by atoms with Gasteiger partial charge in [-0.15, -0.1) is 11.3 Å². The Morgan fingerprint density at radius 3 is 2.30 bits per heavy atom. The Balaban J connectivity index is 3.07. The van der Waals surface area contributed by atoms with Crippen LogP contribution in [0, 0.1) is 5.92 Å². The number of hydrogen-bond acceptors (Lipinski definition) is 7. The molecule has 1 N–H and O–H groups in total. The van der Waals surface area contributed by atoms with Gasteiger partial charge >= 0.3 is 18.0 Å². The molecule has 0 aliphatic heterocycles. The van der Waals surface area contributed by atoms with Gasteiger partial charge in [-0.05, 0) is 26.7 Å². The number of hydrogen-bond donors (Lipinski definition) is 1. The Kier molecular flexibility index (Phi) is 7.77. The summed E-state index contributed by atoms with van der Waals surface area (Å²) in [5.74, 6) is -1.61. The highest BCUT2D eigenvalue weighted by Crippen LogP contribution is 2.30. The highest BCUT2D eigenvalue weighted by molar-refractivity contribution is 7.09. The quantitative estimate of drug-likeness (QED) is 0.695. The number of carbonyl (C=O) groups is 3. The van der Waals surface area contributed by atoms with E-state index in [1.54, 1.807) is 27.8 Å². The summed E-state index contributed by atoms with van der Waals surface area (Å²) in [4.78, 5) is 40.6. The Morgan fingerprint density at radius 2 is 1.89 bits per heavy atom. The third-order valence-corrected chi connectivity index (χ3v) is 4.67. The number of amides is 1. The summed E-state index contributed by atoms with van der Waals surface area (Å²) in [6.45, 7) is 10.5. The number of ether oxygens (including phenoxy) is 2. The molecule has 1 amide bonds. The van der Waals surface area contributed by atoms with Crippen molar-refractivity contribution in [2.24, 2.45) is 5.92 Å². The first-order valence-electron chi connectivity index (χ1n) is 8.63. The fourth-order valence-electron chi connectivity index (χ4n) is 2.50. The number of esters is 1. The van der Waals surface area contributed by atoms with Gasteiger partial charge in [0.25, 0.3) is 0 Å². The highest BCUT2D eigenvalue weighted by Gasteiger charge is 2.32. The van der Waals surface area contributed by atoms with Crippen molar-refractivity contribution in [2.45, 2.75) is 65.7 Å². The van der Waals surface area contributed by atoms with Crippen LogP contribution in [0.2, 0.25) is 0 Å². The Labute approximate surface area is 163 Å². The van der Waals surface area contributed by atoms with Crippen molar-refractivity contribution in [3.05, 3.63) is 16.1 Å². The second kappa shape index (κ2) is 9.16.